The normalized spacial score (nSPS) is 16.4. The molecule has 0 unspecified atom stereocenters. The van der Waals surface area contributed by atoms with Crippen molar-refractivity contribution in [1.29, 1.82) is 0 Å². The van der Waals surface area contributed by atoms with E-state index in [0.29, 0.717) is 6.10 Å². The first kappa shape index (κ1) is 13.3. The number of quaternary nitrogens is 1. The molecule has 20 heavy (non-hydrogen) atoms. The predicted molar refractivity (Wildman–Crippen MR) is 80.5 cm³/mol. The highest BCUT2D eigenvalue weighted by Gasteiger charge is 2.22. The summed E-state index contributed by atoms with van der Waals surface area (Å²) in [5.74, 6) is 0. The Labute approximate surface area is 120 Å². The molecule has 0 amide bonds. The van der Waals surface area contributed by atoms with E-state index in [1.54, 1.807) is 0 Å². The van der Waals surface area contributed by atoms with Crippen LogP contribution in [0.4, 0.5) is 0 Å². The zero-order valence-electron chi connectivity index (χ0n) is 11.7. The van der Waals surface area contributed by atoms with Crippen molar-refractivity contribution < 1.29 is 10.1 Å². The van der Waals surface area contributed by atoms with Gasteiger partial charge in [0.05, 0.1) is 19.2 Å². The molecule has 2 aromatic carbocycles. The molecule has 1 aliphatic rings. The standard InChI is InChI=1S/C18H21NO/c1-3-7-15(8-4-1)18(16-9-5-2-6-10-16)20-17-11-13-19-14-12-17/h1-10,17-19H,11-14H2/p+1. The molecule has 0 atom stereocenters. The Morgan fingerprint density at radius 2 is 1.30 bits per heavy atom. The molecule has 1 fully saturated rings. The highest BCUT2D eigenvalue weighted by molar-refractivity contribution is 5.29. The molecule has 2 N–H and O–H groups in total. The molecular weight excluding hydrogens is 246 g/mol. The van der Waals surface area contributed by atoms with Crippen LogP contribution in [0.1, 0.15) is 30.1 Å². The van der Waals surface area contributed by atoms with Crippen molar-refractivity contribution in [2.24, 2.45) is 0 Å². The summed E-state index contributed by atoms with van der Waals surface area (Å²) in [5.41, 5.74) is 2.49. The van der Waals surface area contributed by atoms with Crippen LogP contribution in [-0.4, -0.2) is 19.2 Å². The molecular formula is C18H22NO+. The lowest BCUT2D eigenvalue weighted by Crippen LogP contribution is -2.86. The van der Waals surface area contributed by atoms with E-state index in [-0.39, 0.29) is 6.10 Å². The molecule has 3 rings (SSSR count). The molecule has 0 aromatic heterocycles. The molecule has 0 spiro atoms. The summed E-state index contributed by atoms with van der Waals surface area (Å²) in [5, 5.41) is 2.37. The smallest absolute Gasteiger partial charge is 0.108 e. The number of hydrogen-bond acceptors (Lipinski definition) is 1. The van der Waals surface area contributed by atoms with Gasteiger partial charge in [-0.1, -0.05) is 60.7 Å². The molecule has 1 saturated heterocycles. The second-order valence-corrected chi connectivity index (χ2v) is 5.40. The van der Waals surface area contributed by atoms with Crippen molar-refractivity contribution in [3.8, 4) is 0 Å². The highest BCUT2D eigenvalue weighted by Crippen LogP contribution is 2.28. The summed E-state index contributed by atoms with van der Waals surface area (Å²) in [6.07, 6.45) is 2.73. The maximum absolute atomic E-state index is 6.44. The van der Waals surface area contributed by atoms with Crippen LogP contribution in [-0.2, 0) is 4.74 Å². The molecule has 2 nitrogen and oxygen atoms in total. The van der Waals surface area contributed by atoms with Gasteiger partial charge >= 0.3 is 0 Å². The van der Waals surface area contributed by atoms with Crippen molar-refractivity contribution >= 4 is 0 Å². The quantitative estimate of drug-likeness (QED) is 0.906. The van der Waals surface area contributed by atoms with Gasteiger partial charge in [-0.15, -0.1) is 0 Å². The van der Waals surface area contributed by atoms with Crippen LogP contribution in [0.25, 0.3) is 0 Å². The molecule has 0 bridgehead atoms. The first-order valence-corrected chi connectivity index (χ1v) is 7.50. The van der Waals surface area contributed by atoms with Gasteiger partial charge in [-0.3, -0.25) is 0 Å². The topological polar surface area (TPSA) is 25.8 Å². The SMILES string of the molecule is c1ccc(C(OC2CC[NH2+]CC2)c2ccccc2)cc1. The average Bonchev–Trinajstić information content (AvgIpc) is 2.55. The van der Waals surface area contributed by atoms with Gasteiger partial charge in [0.15, 0.2) is 0 Å². The molecule has 0 aliphatic carbocycles. The zero-order valence-corrected chi connectivity index (χ0v) is 11.7. The Bertz CT molecular complexity index is 466. The van der Waals surface area contributed by atoms with Crippen LogP contribution < -0.4 is 5.32 Å². The van der Waals surface area contributed by atoms with E-state index >= 15 is 0 Å². The van der Waals surface area contributed by atoms with E-state index < -0.39 is 0 Å². The summed E-state index contributed by atoms with van der Waals surface area (Å²) >= 11 is 0. The van der Waals surface area contributed by atoms with E-state index in [1.807, 2.05) is 0 Å². The van der Waals surface area contributed by atoms with Gasteiger partial charge in [0.25, 0.3) is 0 Å². The first-order chi connectivity index (χ1) is 9.93. The lowest BCUT2D eigenvalue weighted by molar-refractivity contribution is -0.665. The minimum Gasteiger partial charge on any atom is -0.365 e. The Morgan fingerprint density at radius 3 is 1.80 bits per heavy atom. The van der Waals surface area contributed by atoms with E-state index in [0.717, 1.165) is 12.8 Å². The van der Waals surface area contributed by atoms with Crippen molar-refractivity contribution in [3.63, 3.8) is 0 Å². The number of piperidine rings is 1. The molecule has 0 radical (unpaired) electrons. The van der Waals surface area contributed by atoms with Gasteiger partial charge < -0.3 is 10.1 Å². The third-order valence-corrected chi connectivity index (χ3v) is 3.92. The number of rotatable bonds is 4. The van der Waals surface area contributed by atoms with Crippen molar-refractivity contribution in [2.45, 2.75) is 25.0 Å². The maximum atomic E-state index is 6.44. The minimum absolute atomic E-state index is 0.0560. The predicted octanol–water partition coefficient (Wildman–Crippen LogP) is 2.52. The van der Waals surface area contributed by atoms with E-state index in [4.69, 9.17) is 4.74 Å². The number of nitrogens with two attached hydrogens (primary N) is 1. The van der Waals surface area contributed by atoms with E-state index in [9.17, 15) is 0 Å². The summed E-state index contributed by atoms with van der Waals surface area (Å²) < 4.78 is 6.44. The number of benzene rings is 2. The van der Waals surface area contributed by atoms with E-state index in [1.165, 1.54) is 24.2 Å². The van der Waals surface area contributed by atoms with Crippen LogP contribution in [0, 0.1) is 0 Å². The third-order valence-electron chi connectivity index (χ3n) is 3.92. The second-order valence-electron chi connectivity index (χ2n) is 5.40. The largest absolute Gasteiger partial charge is 0.365 e. The van der Waals surface area contributed by atoms with Crippen LogP contribution in [0.2, 0.25) is 0 Å². The maximum Gasteiger partial charge on any atom is 0.108 e. The fourth-order valence-corrected chi connectivity index (χ4v) is 2.83. The van der Waals surface area contributed by atoms with Crippen LogP contribution in [0.5, 0.6) is 0 Å². The Kier molecular flexibility index (Phi) is 4.46. The van der Waals surface area contributed by atoms with Crippen molar-refractivity contribution in [2.75, 3.05) is 13.1 Å². The molecule has 2 heteroatoms. The highest BCUT2D eigenvalue weighted by atomic mass is 16.5. The van der Waals surface area contributed by atoms with Gasteiger partial charge in [-0.2, -0.15) is 0 Å². The van der Waals surface area contributed by atoms with Crippen LogP contribution >= 0.6 is 0 Å². The molecule has 0 saturated carbocycles. The van der Waals surface area contributed by atoms with E-state index in [2.05, 4.69) is 66.0 Å². The van der Waals surface area contributed by atoms with Gasteiger partial charge in [-0.05, 0) is 11.1 Å². The Morgan fingerprint density at radius 1 is 0.800 bits per heavy atom. The lowest BCUT2D eigenvalue weighted by Gasteiger charge is -2.27. The summed E-state index contributed by atoms with van der Waals surface area (Å²) in [4.78, 5) is 0. The monoisotopic (exact) mass is 268 g/mol. The van der Waals surface area contributed by atoms with Gasteiger partial charge in [0.2, 0.25) is 0 Å². The fourth-order valence-electron chi connectivity index (χ4n) is 2.83. The van der Waals surface area contributed by atoms with Gasteiger partial charge in [0.1, 0.15) is 6.10 Å². The first-order valence-electron chi connectivity index (χ1n) is 7.50. The van der Waals surface area contributed by atoms with Crippen LogP contribution in [0.15, 0.2) is 60.7 Å². The minimum atomic E-state index is 0.0560. The van der Waals surface area contributed by atoms with Crippen LogP contribution in [0.3, 0.4) is 0 Å². The van der Waals surface area contributed by atoms with Gasteiger partial charge in [0, 0.05) is 12.8 Å². The lowest BCUT2D eigenvalue weighted by atomic mass is 10.0. The molecule has 104 valence electrons. The third kappa shape index (κ3) is 3.27. The molecule has 1 heterocycles. The summed E-state index contributed by atoms with van der Waals surface area (Å²) in [7, 11) is 0. The fraction of sp³-hybridized carbons (Fsp3) is 0.333. The summed E-state index contributed by atoms with van der Waals surface area (Å²) in [6, 6.07) is 21.1. The Balaban J connectivity index is 1.83. The van der Waals surface area contributed by atoms with Crippen molar-refractivity contribution in [1.82, 2.24) is 0 Å². The van der Waals surface area contributed by atoms with Crippen molar-refractivity contribution in [3.05, 3.63) is 71.8 Å². The molecule has 1 aliphatic heterocycles. The zero-order chi connectivity index (χ0) is 13.6. The van der Waals surface area contributed by atoms with Gasteiger partial charge in [-0.25, -0.2) is 0 Å². The average molecular weight is 268 g/mol. The number of hydrogen-bond donors (Lipinski definition) is 1. The Hall–Kier alpha value is -1.64. The summed E-state index contributed by atoms with van der Waals surface area (Å²) in [6.45, 7) is 2.36. The molecule has 2 aromatic rings. The number of ether oxygens (including phenoxy) is 1. The second kappa shape index (κ2) is 6.69.